The standard InChI is InChI=1S/C21H25NO2/c1-3-22(4-2)16-19-15-21(20(23)24-19,17-11-7-5-8-12-17)18-13-9-6-10-14-18/h5-14,19H,3-4,15-16H2,1-2H3. The van der Waals surface area contributed by atoms with Crippen molar-refractivity contribution in [3.05, 3.63) is 71.8 Å². The fourth-order valence-electron chi connectivity index (χ4n) is 3.67. The minimum atomic E-state index is -0.694. The van der Waals surface area contributed by atoms with Gasteiger partial charge in [0.15, 0.2) is 0 Å². The molecule has 2 aromatic rings. The molecular weight excluding hydrogens is 298 g/mol. The number of rotatable bonds is 6. The molecule has 0 spiro atoms. The van der Waals surface area contributed by atoms with E-state index >= 15 is 0 Å². The van der Waals surface area contributed by atoms with Gasteiger partial charge in [-0.15, -0.1) is 0 Å². The van der Waals surface area contributed by atoms with E-state index in [9.17, 15) is 4.79 Å². The molecule has 1 aliphatic heterocycles. The number of cyclic esters (lactones) is 1. The molecule has 3 heteroatoms. The number of hydrogen-bond acceptors (Lipinski definition) is 3. The normalized spacial score (nSPS) is 19.5. The molecule has 24 heavy (non-hydrogen) atoms. The van der Waals surface area contributed by atoms with Gasteiger partial charge < -0.3 is 9.64 Å². The molecule has 3 rings (SSSR count). The third kappa shape index (κ3) is 2.96. The van der Waals surface area contributed by atoms with E-state index in [1.807, 2.05) is 60.7 Å². The van der Waals surface area contributed by atoms with Crippen LogP contribution in [0.2, 0.25) is 0 Å². The van der Waals surface area contributed by atoms with Crippen LogP contribution in [-0.2, 0) is 14.9 Å². The number of likely N-dealkylation sites (N-methyl/N-ethyl adjacent to an activating group) is 1. The summed E-state index contributed by atoms with van der Waals surface area (Å²) in [6, 6.07) is 20.1. The number of carbonyl (C=O) groups excluding carboxylic acids is 1. The summed E-state index contributed by atoms with van der Waals surface area (Å²) in [6.45, 7) is 7.01. The summed E-state index contributed by atoms with van der Waals surface area (Å²) in [6.07, 6.45) is 0.619. The van der Waals surface area contributed by atoms with E-state index in [0.717, 1.165) is 30.8 Å². The van der Waals surface area contributed by atoms with Crippen molar-refractivity contribution in [2.45, 2.75) is 31.8 Å². The second kappa shape index (κ2) is 7.18. The molecule has 1 heterocycles. The van der Waals surface area contributed by atoms with Gasteiger partial charge in [0.05, 0.1) is 0 Å². The number of esters is 1. The highest BCUT2D eigenvalue weighted by Crippen LogP contribution is 2.43. The third-order valence-corrected chi connectivity index (χ3v) is 5.05. The van der Waals surface area contributed by atoms with Crippen LogP contribution in [0.1, 0.15) is 31.4 Å². The van der Waals surface area contributed by atoms with Crippen molar-refractivity contribution < 1.29 is 9.53 Å². The van der Waals surface area contributed by atoms with Crippen LogP contribution in [0.25, 0.3) is 0 Å². The van der Waals surface area contributed by atoms with E-state index in [1.165, 1.54) is 0 Å². The second-order valence-corrected chi connectivity index (χ2v) is 6.35. The van der Waals surface area contributed by atoms with Crippen LogP contribution >= 0.6 is 0 Å². The largest absolute Gasteiger partial charge is 0.460 e. The maximum Gasteiger partial charge on any atom is 0.321 e. The maximum absolute atomic E-state index is 13.0. The zero-order valence-electron chi connectivity index (χ0n) is 14.4. The van der Waals surface area contributed by atoms with Gasteiger partial charge in [0, 0.05) is 13.0 Å². The molecule has 0 N–H and O–H groups in total. The molecule has 0 saturated carbocycles. The molecule has 1 unspecified atom stereocenters. The van der Waals surface area contributed by atoms with Crippen molar-refractivity contribution in [1.29, 1.82) is 0 Å². The van der Waals surface area contributed by atoms with Crippen LogP contribution in [0.3, 0.4) is 0 Å². The zero-order valence-corrected chi connectivity index (χ0v) is 14.4. The van der Waals surface area contributed by atoms with Crippen LogP contribution in [-0.4, -0.2) is 36.6 Å². The number of benzene rings is 2. The van der Waals surface area contributed by atoms with Crippen molar-refractivity contribution in [3.63, 3.8) is 0 Å². The fourth-order valence-corrected chi connectivity index (χ4v) is 3.67. The van der Waals surface area contributed by atoms with Gasteiger partial charge in [-0.2, -0.15) is 0 Å². The lowest BCUT2D eigenvalue weighted by atomic mass is 9.72. The Bertz CT molecular complexity index is 625. The van der Waals surface area contributed by atoms with Gasteiger partial charge in [-0.25, -0.2) is 0 Å². The Kier molecular flexibility index (Phi) is 5.00. The lowest BCUT2D eigenvalue weighted by Crippen LogP contribution is -2.34. The molecule has 126 valence electrons. The van der Waals surface area contributed by atoms with Gasteiger partial charge >= 0.3 is 5.97 Å². The van der Waals surface area contributed by atoms with Crippen molar-refractivity contribution >= 4 is 5.97 Å². The van der Waals surface area contributed by atoms with Crippen LogP contribution in [0, 0.1) is 0 Å². The highest BCUT2D eigenvalue weighted by atomic mass is 16.6. The summed E-state index contributed by atoms with van der Waals surface area (Å²) in [5, 5.41) is 0. The van der Waals surface area contributed by atoms with E-state index in [4.69, 9.17) is 4.74 Å². The Balaban J connectivity index is 1.99. The Labute approximate surface area is 144 Å². The predicted octanol–water partition coefficient (Wildman–Crippen LogP) is 3.63. The first-order valence-electron chi connectivity index (χ1n) is 8.75. The fraction of sp³-hybridized carbons (Fsp3) is 0.381. The van der Waals surface area contributed by atoms with Gasteiger partial charge in [-0.05, 0) is 24.2 Å². The minimum absolute atomic E-state index is 0.0715. The van der Waals surface area contributed by atoms with Crippen molar-refractivity contribution in [3.8, 4) is 0 Å². The van der Waals surface area contributed by atoms with Gasteiger partial charge in [0.2, 0.25) is 0 Å². The number of nitrogens with zero attached hydrogens (tertiary/aromatic N) is 1. The molecule has 2 aromatic carbocycles. The highest BCUT2D eigenvalue weighted by Gasteiger charge is 2.51. The van der Waals surface area contributed by atoms with Crippen LogP contribution < -0.4 is 0 Å². The van der Waals surface area contributed by atoms with E-state index in [-0.39, 0.29) is 12.1 Å². The monoisotopic (exact) mass is 323 g/mol. The Morgan fingerprint density at radius 3 is 1.92 bits per heavy atom. The number of carbonyl (C=O) groups is 1. The van der Waals surface area contributed by atoms with Crippen molar-refractivity contribution in [1.82, 2.24) is 4.90 Å². The summed E-state index contributed by atoms with van der Waals surface area (Å²) in [4.78, 5) is 15.3. The quantitative estimate of drug-likeness (QED) is 0.760. The summed E-state index contributed by atoms with van der Waals surface area (Å²) in [7, 11) is 0. The first kappa shape index (κ1) is 16.7. The number of hydrogen-bond donors (Lipinski definition) is 0. The summed E-state index contributed by atoms with van der Waals surface area (Å²) in [5.41, 5.74) is 1.34. The summed E-state index contributed by atoms with van der Waals surface area (Å²) in [5.74, 6) is -0.128. The molecule has 1 saturated heterocycles. The molecule has 0 bridgehead atoms. The molecule has 1 aliphatic rings. The SMILES string of the molecule is CCN(CC)CC1CC(c2ccccc2)(c2ccccc2)C(=O)O1. The van der Waals surface area contributed by atoms with Crippen LogP contribution in [0.15, 0.2) is 60.7 Å². The predicted molar refractivity (Wildman–Crippen MR) is 95.9 cm³/mol. The average molecular weight is 323 g/mol. The lowest BCUT2D eigenvalue weighted by Gasteiger charge is -2.26. The third-order valence-electron chi connectivity index (χ3n) is 5.05. The topological polar surface area (TPSA) is 29.5 Å². The van der Waals surface area contributed by atoms with E-state index in [1.54, 1.807) is 0 Å². The Hall–Kier alpha value is -2.13. The molecule has 1 fully saturated rings. The van der Waals surface area contributed by atoms with Crippen LogP contribution in [0.5, 0.6) is 0 Å². The lowest BCUT2D eigenvalue weighted by molar-refractivity contribution is -0.145. The molecular formula is C21H25NO2. The van der Waals surface area contributed by atoms with Crippen LogP contribution in [0.4, 0.5) is 0 Å². The summed E-state index contributed by atoms with van der Waals surface area (Å²) >= 11 is 0. The molecule has 0 aliphatic carbocycles. The molecule has 3 nitrogen and oxygen atoms in total. The van der Waals surface area contributed by atoms with Gasteiger partial charge in [0.1, 0.15) is 11.5 Å². The van der Waals surface area contributed by atoms with Gasteiger partial charge in [-0.1, -0.05) is 74.5 Å². The Morgan fingerprint density at radius 1 is 0.958 bits per heavy atom. The van der Waals surface area contributed by atoms with E-state index in [0.29, 0.717) is 6.42 Å². The number of ether oxygens (including phenoxy) is 1. The zero-order chi connectivity index (χ0) is 17.0. The molecule has 1 atom stereocenters. The molecule has 0 aromatic heterocycles. The average Bonchev–Trinajstić information content (AvgIpc) is 2.98. The van der Waals surface area contributed by atoms with Crippen molar-refractivity contribution in [2.75, 3.05) is 19.6 Å². The van der Waals surface area contributed by atoms with Crippen molar-refractivity contribution in [2.24, 2.45) is 0 Å². The van der Waals surface area contributed by atoms with Gasteiger partial charge in [-0.3, -0.25) is 4.79 Å². The van der Waals surface area contributed by atoms with E-state index in [2.05, 4.69) is 18.7 Å². The smallest absolute Gasteiger partial charge is 0.321 e. The minimum Gasteiger partial charge on any atom is -0.460 e. The Morgan fingerprint density at radius 2 is 1.46 bits per heavy atom. The summed E-state index contributed by atoms with van der Waals surface area (Å²) < 4.78 is 5.84. The van der Waals surface area contributed by atoms with Gasteiger partial charge in [0.25, 0.3) is 0 Å². The maximum atomic E-state index is 13.0. The van der Waals surface area contributed by atoms with E-state index < -0.39 is 5.41 Å². The first-order chi connectivity index (χ1) is 11.7. The molecule has 0 amide bonds. The first-order valence-corrected chi connectivity index (χ1v) is 8.75. The second-order valence-electron chi connectivity index (χ2n) is 6.35. The molecule has 0 radical (unpaired) electrons. The highest BCUT2D eigenvalue weighted by molar-refractivity contribution is 5.89.